The number of imidazole rings is 1. The topological polar surface area (TPSA) is 141 Å². The molecule has 1 fully saturated rings. The number of hydrogen-bond acceptors (Lipinski definition) is 9. The highest BCUT2D eigenvalue weighted by Gasteiger charge is 2.56. The highest BCUT2D eigenvalue weighted by molar-refractivity contribution is 6.80. The quantitative estimate of drug-likeness (QED) is 0.154. The average Bonchev–Trinajstić information content (AvgIpc) is 3.51. The lowest BCUT2D eigenvalue weighted by atomic mass is 9.87. The molecule has 5 rings (SSSR count). The van der Waals surface area contributed by atoms with Crippen LogP contribution in [-0.2, 0) is 19.3 Å². The van der Waals surface area contributed by atoms with Gasteiger partial charge >= 0.3 is 6.09 Å². The van der Waals surface area contributed by atoms with Crippen molar-refractivity contribution in [3.8, 4) is 12.3 Å². The highest BCUT2D eigenvalue weighted by Crippen LogP contribution is 2.39. The van der Waals surface area contributed by atoms with E-state index in [-0.39, 0.29) is 34.3 Å². The van der Waals surface area contributed by atoms with Crippen LogP contribution in [0.1, 0.15) is 53.3 Å². The minimum atomic E-state index is -2.12. The van der Waals surface area contributed by atoms with E-state index < -0.39 is 44.8 Å². The molecule has 1 aliphatic heterocycles. The molecule has 2 aromatic carbocycles. The molecule has 0 aliphatic carbocycles. The van der Waals surface area contributed by atoms with Gasteiger partial charge in [0.25, 0.3) is 9.04 Å². The number of benzene rings is 2. The number of nitrogens with zero attached hydrogens (tertiary/aromatic N) is 4. The third-order valence-corrected chi connectivity index (χ3v) is 9.80. The second-order valence-corrected chi connectivity index (χ2v) is 15.5. The first-order chi connectivity index (χ1) is 21.6. The van der Waals surface area contributed by atoms with Crippen LogP contribution in [-0.4, -0.2) is 74.9 Å². The number of halogens is 1. The van der Waals surface area contributed by atoms with Crippen molar-refractivity contribution in [2.75, 3.05) is 11.9 Å². The smallest absolute Gasteiger partial charge is 0.413 e. The third kappa shape index (κ3) is 6.95. The van der Waals surface area contributed by atoms with E-state index in [0.29, 0.717) is 0 Å². The van der Waals surface area contributed by atoms with E-state index >= 15 is 0 Å². The molecule has 1 aliphatic rings. The number of aliphatic hydroxyl groups excluding tert-OH is 1. The van der Waals surface area contributed by atoms with Crippen LogP contribution >= 0.6 is 11.6 Å². The number of ether oxygens (including phenoxy) is 2. The molecule has 1 radical (unpaired) electrons. The fourth-order valence-corrected chi connectivity index (χ4v) is 7.20. The van der Waals surface area contributed by atoms with Crippen molar-refractivity contribution in [1.29, 1.82) is 0 Å². The van der Waals surface area contributed by atoms with Crippen LogP contribution in [0.15, 0.2) is 60.9 Å². The molecule has 2 aromatic heterocycles. The normalized spacial score (nSPS) is 21.8. The van der Waals surface area contributed by atoms with E-state index in [2.05, 4.69) is 71.2 Å². The summed E-state index contributed by atoms with van der Waals surface area (Å²) in [7, 11) is -1.81. The summed E-state index contributed by atoms with van der Waals surface area (Å²) in [6.07, 6.45) is 2.42. The van der Waals surface area contributed by atoms with E-state index in [1.165, 1.54) is 16.5 Å². The molecule has 11 nitrogen and oxygen atoms in total. The van der Waals surface area contributed by atoms with E-state index in [4.69, 9.17) is 31.9 Å². The van der Waals surface area contributed by atoms with Crippen molar-refractivity contribution < 1.29 is 28.9 Å². The lowest BCUT2D eigenvalue weighted by molar-refractivity contribution is -0.0556. The molecule has 46 heavy (non-hydrogen) atoms. The van der Waals surface area contributed by atoms with Crippen molar-refractivity contribution in [1.82, 2.24) is 19.5 Å². The summed E-state index contributed by atoms with van der Waals surface area (Å²) in [5.41, 5.74) is -1.40. The van der Waals surface area contributed by atoms with Gasteiger partial charge in [0.2, 0.25) is 5.28 Å². The van der Waals surface area contributed by atoms with Crippen molar-refractivity contribution in [2.45, 2.75) is 76.6 Å². The van der Waals surface area contributed by atoms with Crippen LogP contribution in [0.2, 0.25) is 5.28 Å². The van der Waals surface area contributed by atoms with Crippen LogP contribution < -0.4 is 15.7 Å². The number of hydrogen-bond donors (Lipinski definition) is 3. The number of carbonyl (C=O) groups excluding carboxylic acids is 1. The maximum atomic E-state index is 12.5. The third-order valence-electron chi connectivity index (χ3n) is 7.46. The molecule has 3 heterocycles. The van der Waals surface area contributed by atoms with Crippen molar-refractivity contribution in [2.24, 2.45) is 0 Å². The summed E-state index contributed by atoms with van der Waals surface area (Å²) >= 11 is 6.20. The summed E-state index contributed by atoms with van der Waals surface area (Å²) in [6, 6.07) is 18.1. The first-order valence-corrected chi connectivity index (χ1v) is 16.5. The summed E-state index contributed by atoms with van der Waals surface area (Å²) in [5.74, 6) is 2.32. The fraction of sp³-hybridized carbons (Fsp3) is 0.394. The Balaban J connectivity index is 1.42. The zero-order valence-corrected chi connectivity index (χ0v) is 28.2. The maximum Gasteiger partial charge on any atom is 0.413 e. The minimum Gasteiger partial charge on any atom is -0.444 e. The van der Waals surface area contributed by atoms with Gasteiger partial charge < -0.3 is 24.1 Å². The predicted octanol–water partition coefficient (Wildman–Crippen LogP) is 3.57. The molecule has 13 heteroatoms. The van der Waals surface area contributed by atoms with Crippen molar-refractivity contribution in [3.63, 3.8) is 0 Å². The number of rotatable bonds is 7. The van der Waals surface area contributed by atoms with Gasteiger partial charge in [-0.2, -0.15) is 9.97 Å². The standard InChI is InChI=1S/C33H37ClN5O6Si/c1-8-33(42)23(18-43-46(21-12-10-9-11-13-21)22-16-14-20(15-17-22)31(2,3)4)44-28(25(33)40)39-19-35-24-26(36-29(34)38-27(24)39)37-30(41)45-32(5,6)7/h1,9-17,19,23,25,28,40,42H,18H2,2-7H3,(H,36,37,38,41)/t23-,25+,28-,33-/m1/s1. The van der Waals surface area contributed by atoms with Gasteiger partial charge in [0.1, 0.15) is 17.8 Å². The molecule has 0 unspecified atom stereocenters. The summed E-state index contributed by atoms with van der Waals surface area (Å²) in [4.78, 5) is 25.1. The lowest BCUT2D eigenvalue weighted by Crippen LogP contribution is -2.51. The van der Waals surface area contributed by atoms with Crippen LogP contribution in [0, 0.1) is 12.3 Å². The van der Waals surface area contributed by atoms with Gasteiger partial charge in [-0.05, 0) is 53.7 Å². The Hall–Kier alpha value is -3.83. The number of nitrogens with one attached hydrogen (secondary N) is 1. The number of fused-ring (bicyclic) bond motifs is 1. The van der Waals surface area contributed by atoms with Crippen LogP contribution in [0.4, 0.5) is 10.6 Å². The fourth-order valence-electron chi connectivity index (χ4n) is 5.08. The molecule has 1 amide bonds. The zero-order chi connectivity index (χ0) is 33.4. The molecular formula is C33H37ClN5O6Si. The van der Waals surface area contributed by atoms with E-state index in [9.17, 15) is 15.0 Å². The monoisotopic (exact) mass is 662 g/mol. The molecule has 1 saturated heterocycles. The van der Waals surface area contributed by atoms with Crippen LogP contribution in [0.5, 0.6) is 0 Å². The second-order valence-electron chi connectivity index (χ2n) is 13.1. The van der Waals surface area contributed by atoms with E-state index in [0.717, 1.165) is 10.4 Å². The first-order valence-electron chi connectivity index (χ1n) is 14.7. The van der Waals surface area contributed by atoms with Crippen LogP contribution in [0.25, 0.3) is 11.2 Å². The van der Waals surface area contributed by atoms with Gasteiger partial charge in [0.15, 0.2) is 28.8 Å². The average molecular weight is 663 g/mol. The van der Waals surface area contributed by atoms with Gasteiger partial charge in [-0.15, -0.1) is 6.42 Å². The van der Waals surface area contributed by atoms with Gasteiger partial charge in [0.05, 0.1) is 12.9 Å². The van der Waals surface area contributed by atoms with Gasteiger partial charge in [-0.1, -0.05) is 81.3 Å². The Morgan fingerprint density at radius 3 is 2.37 bits per heavy atom. The Labute approximate surface area is 274 Å². The summed E-state index contributed by atoms with van der Waals surface area (Å²) in [5, 5.41) is 27.2. The van der Waals surface area contributed by atoms with Crippen LogP contribution in [0.3, 0.4) is 0 Å². The Kier molecular flexibility index (Phi) is 9.30. The van der Waals surface area contributed by atoms with Crippen molar-refractivity contribution >= 4 is 54.1 Å². The molecule has 0 saturated carbocycles. The SMILES string of the molecule is C#C[C@@]1(O)[C@@H](CO[Si](c2ccccc2)c2ccc(C(C)(C)C)cc2)O[C@@H](n2cnc3c(NC(=O)OC(C)(C)C)nc(Cl)nc32)[C@@H]1O. The van der Waals surface area contributed by atoms with Gasteiger partial charge in [-0.3, -0.25) is 9.88 Å². The Morgan fingerprint density at radius 1 is 1.11 bits per heavy atom. The first kappa shape index (κ1) is 33.5. The number of amides is 1. The van der Waals surface area contributed by atoms with E-state index in [1.54, 1.807) is 20.8 Å². The Morgan fingerprint density at radius 2 is 1.76 bits per heavy atom. The second kappa shape index (κ2) is 12.8. The molecule has 4 atom stereocenters. The van der Waals surface area contributed by atoms with E-state index in [1.807, 2.05) is 30.3 Å². The molecular weight excluding hydrogens is 626 g/mol. The van der Waals surface area contributed by atoms with Crippen molar-refractivity contribution in [3.05, 3.63) is 71.8 Å². The Bertz CT molecular complexity index is 1750. The largest absolute Gasteiger partial charge is 0.444 e. The molecule has 3 N–H and O–H groups in total. The van der Waals surface area contributed by atoms with Gasteiger partial charge in [0, 0.05) is 0 Å². The molecule has 0 spiro atoms. The number of aromatic nitrogens is 4. The zero-order valence-electron chi connectivity index (χ0n) is 26.5. The molecule has 4 aromatic rings. The maximum absolute atomic E-state index is 12.5. The number of carbonyl (C=O) groups is 1. The summed E-state index contributed by atoms with van der Waals surface area (Å²) in [6.45, 7) is 11.5. The number of aliphatic hydroxyl groups is 2. The highest BCUT2D eigenvalue weighted by atomic mass is 35.5. The lowest BCUT2D eigenvalue weighted by Gasteiger charge is -2.27. The van der Waals surface area contributed by atoms with Gasteiger partial charge in [-0.25, -0.2) is 9.78 Å². The predicted molar refractivity (Wildman–Crippen MR) is 176 cm³/mol. The molecule has 0 bridgehead atoms. The number of terminal acetylenes is 1. The summed E-state index contributed by atoms with van der Waals surface area (Å²) < 4.78 is 19.4. The number of anilines is 1. The minimum absolute atomic E-state index is 0.00448. The molecule has 241 valence electrons.